The highest BCUT2D eigenvalue weighted by molar-refractivity contribution is 14.0. The summed E-state index contributed by atoms with van der Waals surface area (Å²) < 4.78 is 23.9. The number of carbonyl (C=O) groups is 1. The van der Waals surface area contributed by atoms with E-state index in [1.807, 2.05) is 19.1 Å². The molecule has 1 unspecified atom stereocenters. The van der Waals surface area contributed by atoms with Gasteiger partial charge in [0.05, 0.1) is 6.54 Å². The van der Waals surface area contributed by atoms with Crippen LogP contribution in [0.25, 0.3) is 0 Å². The van der Waals surface area contributed by atoms with Crippen molar-refractivity contribution >= 4 is 35.8 Å². The second-order valence-electron chi connectivity index (χ2n) is 6.41. The molecule has 0 heterocycles. The third kappa shape index (κ3) is 9.77. The van der Waals surface area contributed by atoms with Gasteiger partial charge < -0.3 is 25.8 Å². The molecule has 2 aromatic rings. The van der Waals surface area contributed by atoms with Gasteiger partial charge in [-0.1, -0.05) is 12.1 Å². The fourth-order valence-corrected chi connectivity index (χ4v) is 2.48. The lowest BCUT2D eigenvalue weighted by Gasteiger charge is -2.17. The van der Waals surface area contributed by atoms with E-state index in [4.69, 9.17) is 15.2 Å². The quantitative estimate of drug-likeness (QED) is 0.249. The van der Waals surface area contributed by atoms with Gasteiger partial charge in [-0.15, -0.1) is 24.0 Å². The molecule has 0 bridgehead atoms. The van der Waals surface area contributed by atoms with Gasteiger partial charge >= 0.3 is 0 Å². The fourth-order valence-electron chi connectivity index (χ4n) is 2.48. The molecule has 4 N–H and O–H groups in total. The lowest BCUT2D eigenvalue weighted by Crippen LogP contribution is -2.42. The van der Waals surface area contributed by atoms with Crippen LogP contribution in [0, 0.1) is 5.82 Å². The van der Waals surface area contributed by atoms with Crippen molar-refractivity contribution in [2.45, 2.75) is 19.4 Å². The van der Waals surface area contributed by atoms with Gasteiger partial charge in [0.1, 0.15) is 23.4 Å². The van der Waals surface area contributed by atoms with Crippen LogP contribution in [0.4, 0.5) is 4.39 Å². The monoisotopic (exact) mass is 530 g/mol. The third-order valence-corrected chi connectivity index (χ3v) is 3.94. The van der Waals surface area contributed by atoms with E-state index >= 15 is 0 Å². The number of carbonyl (C=O) groups excluding carboxylic acids is 1. The van der Waals surface area contributed by atoms with Crippen molar-refractivity contribution in [1.82, 2.24) is 10.6 Å². The predicted molar refractivity (Wildman–Crippen MR) is 126 cm³/mol. The maximum absolute atomic E-state index is 12.9. The van der Waals surface area contributed by atoms with Gasteiger partial charge in [0.15, 0.2) is 12.6 Å². The molecule has 2 rings (SSSR count). The van der Waals surface area contributed by atoms with E-state index in [0.717, 1.165) is 12.0 Å². The third-order valence-electron chi connectivity index (χ3n) is 3.94. The second kappa shape index (κ2) is 13.6. The summed E-state index contributed by atoms with van der Waals surface area (Å²) in [5.41, 5.74) is 6.17. The minimum absolute atomic E-state index is 0. The Morgan fingerprint density at radius 3 is 2.33 bits per heavy atom. The number of benzene rings is 2. The molecule has 0 saturated carbocycles. The number of ether oxygens (including phenoxy) is 2. The van der Waals surface area contributed by atoms with E-state index in [-0.39, 0.29) is 42.5 Å². The Bertz CT molecular complexity index is 801. The number of primary amides is 1. The lowest BCUT2D eigenvalue weighted by atomic mass is 10.1. The molecule has 0 fully saturated rings. The van der Waals surface area contributed by atoms with Gasteiger partial charge in [-0.3, -0.25) is 9.79 Å². The summed E-state index contributed by atoms with van der Waals surface area (Å²) >= 11 is 0. The van der Waals surface area contributed by atoms with E-state index < -0.39 is 5.91 Å². The van der Waals surface area contributed by atoms with Gasteiger partial charge in [-0.2, -0.15) is 0 Å². The first-order valence-electron chi connectivity index (χ1n) is 9.33. The van der Waals surface area contributed by atoms with Crippen LogP contribution in [-0.4, -0.2) is 44.7 Å². The van der Waals surface area contributed by atoms with Gasteiger partial charge in [-0.05, 0) is 55.3 Å². The Labute approximate surface area is 193 Å². The highest BCUT2D eigenvalue weighted by Gasteiger charge is 2.06. The number of rotatable bonds is 10. The normalized spacial score (nSPS) is 11.8. The van der Waals surface area contributed by atoms with Crippen molar-refractivity contribution in [2.24, 2.45) is 10.7 Å². The average molecular weight is 530 g/mol. The number of halogens is 2. The van der Waals surface area contributed by atoms with Gasteiger partial charge in [0.2, 0.25) is 0 Å². The topological polar surface area (TPSA) is 98.0 Å². The summed E-state index contributed by atoms with van der Waals surface area (Å²) in [6, 6.07) is 13.4. The Balaban J connectivity index is 0.00000450. The van der Waals surface area contributed by atoms with Crippen molar-refractivity contribution in [3.63, 3.8) is 0 Å². The van der Waals surface area contributed by atoms with E-state index in [0.29, 0.717) is 30.5 Å². The van der Waals surface area contributed by atoms with E-state index in [2.05, 4.69) is 15.6 Å². The number of aliphatic imine (C=N–C) groups is 1. The zero-order valence-electron chi connectivity index (χ0n) is 17.1. The van der Waals surface area contributed by atoms with Crippen molar-refractivity contribution < 1.29 is 18.7 Å². The van der Waals surface area contributed by atoms with Crippen LogP contribution < -0.4 is 25.8 Å². The summed E-state index contributed by atoms with van der Waals surface area (Å²) in [4.78, 5) is 14.9. The molecule has 164 valence electrons. The second-order valence-corrected chi connectivity index (χ2v) is 6.41. The molecule has 7 nitrogen and oxygen atoms in total. The number of nitrogens with two attached hydrogens (primary N) is 1. The van der Waals surface area contributed by atoms with Crippen LogP contribution in [0.15, 0.2) is 53.5 Å². The molecule has 9 heteroatoms. The van der Waals surface area contributed by atoms with Crippen molar-refractivity contribution in [3.8, 4) is 11.5 Å². The Morgan fingerprint density at radius 2 is 1.73 bits per heavy atom. The van der Waals surface area contributed by atoms with Crippen LogP contribution in [0.3, 0.4) is 0 Å². The number of nitrogens with zero attached hydrogens (tertiary/aromatic N) is 1. The molecule has 0 saturated heterocycles. The molecule has 30 heavy (non-hydrogen) atoms. The number of guanidine groups is 1. The van der Waals surface area contributed by atoms with E-state index in [9.17, 15) is 9.18 Å². The smallest absolute Gasteiger partial charge is 0.255 e. The molecule has 0 aliphatic heterocycles. The number of hydrogen-bond acceptors (Lipinski definition) is 4. The highest BCUT2D eigenvalue weighted by atomic mass is 127. The Morgan fingerprint density at radius 1 is 1.10 bits per heavy atom. The van der Waals surface area contributed by atoms with Gasteiger partial charge in [0, 0.05) is 13.6 Å². The number of hydrogen-bond donors (Lipinski definition) is 3. The van der Waals surface area contributed by atoms with Crippen molar-refractivity contribution in [1.29, 1.82) is 0 Å². The zero-order valence-corrected chi connectivity index (χ0v) is 19.4. The molecule has 2 aromatic carbocycles. The maximum atomic E-state index is 12.9. The molecule has 1 atom stereocenters. The summed E-state index contributed by atoms with van der Waals surface area (Å²) in [6.07, 6.45) is 0.672. The largest absolute Gasteiger partial charge is 0.489 e. The number of amides is 1. The summed E-state index contributed by atoms with van der Waals surface area (Å²) in [5, 5.41) is 6.44. The van der Waals surface area contributed by atoms with Crippen molar-refractivity contribution in [2.75, 3.05) is 26.7 Å². The minimum atomic E-state index is -0.505. The summed E-state index contributed by atoms with van der Waals surface area (Å²) in [6.45, 7) is 3.02. The summed E-state index contributed by atoms with van der Waals surface area (Å²) in [5.74, 6) is 1.09. The first-order chi connectivity index (χ1) is 14.0. The first kappa shape index (κ1) is 25.5. The van der Waals surface area contributed by atoms with Crippen molar-refractivity contribution in [3.05, 3.63) is 59.9 Å². The highest BCUT2D eigenvalue weighted by Crippen LogP contribution is 2.13. The zero-order chi connectivity index (χ0) is 21.1. The van der Waals surface area contributed by atoms with Crippen LogP contribution in [0.2, 0.25) is 0 Å². The lowest BCUT2D eigenvalue weighted by molar-refractivity contribution is -0.119. The van der Waals surface area contributed by atoms with E-state index in [1.54, 1.807) is 31.3 Å². The van der Waals surface area contributed by atoms with Crippen LogP contribution >= 0.6 is 24.0 Å². The Hall–Kier alpha value is -2.56. The van der Waals surface area contributed by atoms with Crippen LogP contribution in [0.1, 0.15) is 12.5 Å². The standard InChI is InChI=1S/C21H27FN4O3.HI/c1-15(29-19-9-5-17(22)6-10-19)13-26-21(24-2)25-12-11-16-3-7-18(8-4-16)28-14-20(23)27;/h3-10,15H,11-14H2,1-2H3,(H2,23,27)(H2,24,25,26);1H. The van der Waals surface area contributed by atoms with Gasteiger partial charge in [0.25, 0.3) is 5.91 Å². The molecule has 0 aromatic heterocycles. The molecule has 1 amide bonds. The molecule has 0 aliphatic rings. The SMILES string of the molecule is CN=C(NCCc1ccc(OCC(N)=O)cc1)NCC(C)Oc1ccc(F)cc1.I. The average Bonchev–Trinajstić information content (AvgIpc) is 2.71. The minimum Gasteiger partial charge on any atom is -0.489 e. The predicted octanol–water partition coefficient (Wildman–Crippen LogP) is 2.48. The molecule has 0 radical (unpaired) electrons. The Kier molecular flexibility index (Phi) is 11.6. The molecule has 0 aliphatic carbocycles. The summed E-state index contributed by atoms with van der Waals surface area (Å²) in [7, 11) is 1.70. The molecular weight excluding hydrogens is 502 g/mol. The van der Waals surface area contributed by atoms with Crippen LogP contribution in [0.5, 0.6) is 11.5 Å². The fraction of sp³-hybridized carbons (Fsp3) is 0.333. The van der Waals surface area contributed by atoms with E-state index in [1.165, 1.54) is 12.1 Å². The maximum Gasteiger partial charge on any atom is 0.255 e. The van der Waals surface area contributed by atoms with Gasteiger partial charge in [-0.25, -0.2) is 4.39 Å². The molecule has 0 spiro atoms. The van der Waals surface area contributed by atoms with Crippen LogP contribution in [-0.2, 0) is 11.2 Å². The number of nitrogens with one attached hydrogen (secondary N) is 2. The molecular formula is C21H28FIN4O3. The first-order valence-corrected chi connectivity index (χ1v) is 9.33.